The van der Waals surface area contributed by atoms with Gasteiger partial charge in [-0.1, -0.05) is 60.0 Å². The maximum atomic E-state index is 13.4. The summed E-state index contributed by atoms with van der Waals surface area (Å²) < 4.78 is 28.3. The van der Waals surface area contributed by atoms with Crippen LogP contribution in [0.3, 0.4) is 0 Å². The molecule has 2 aliphatic heterocycles. The predicted octanol–water partition coefficient (Wildman–Crippen LogP) is 4.79. The number of nitrogens with zero attached hydrogens (tertiary/aromatic N) is 3. The van der Waals surface area contributed by atoms with E-state index in [1.165, 1.54) is 10.4 Å². The highest BCUT2D eigenvalue weighted by Gasteiger charge is 2.35. The van der Waals surface area contributed by atoms with Crippen LogP contribution in [0.1, 0.15) is 43.2 Å². The van der Waals surface area contributed by atoms with Crippen LogP contribution in [0.4, 0.5) is 0 Å². The fourth-order valence-corrected chi connectivity index (χ4v) is 7.17. The van der Waals surface area contributed by atoms with E-state index in [0.29, 0.717) is 25.9 Å². The summed E-state index contributed by atoms with van der Waals surface area (Å²) in [5.74, 6) is 0.949. The average molecular weight is 588 g/mol. The lowest BCUT2D eigenvalue weighted by Gasteiger charge is -2.35. The van der Waals surface area contributed by atoms with Crippen molar-refractivity contribution in [2.45, 2.75) is 49.5 Å². The number of amidine groups is 1. The van der Waals surface area contributed by atoms with Gasteiger partial charge >= 0.3 is 0 Å². The van der Waals surface area contributed by atoms with Gasteiger partial charge in [0.15, 0.2) is 0 Å². The number of piperidine rings is 1. The fraction of sp³-hybridized carbons (Fsp3) is 0.462. The van der Waals surface area contributed by atoms with Gasteiger partial charge in [0.05, 0.1) is 16.6 Å². The molecule has 37 heavy (non-hydrogen) atoms. The van der Waals surface area contributed by atoms with Gasteiger partial charge in [0.1, 0.15) is 10.7 Å². The number of rotatable bonds is 9. The smallest absolute Gasteiger partial charge is 0.244 e. The minimum atomic E-state index is -3.81. The first kappa shape index (κ1) is 29.7. The first-order chi connectivity index (χ1) is 17.3. The number of likely N-dealkylation sites (N-methyl/N-ethyl adjacent to an activating group) is 1. The van der Waals surface area contributed by atoms with E-state index < -0.39 is 10.0 Å². The molecule has 2 aliphatic rings. The van der Waals surface area contributed by atoms with E-state index in [0.717, 1.165) is 55.7 Å². The number of hydrogen-bond acceptors (Lipinski definition) is 5. The number of hydrogen-bond donors (Lipinski definition) is 1. The highest BCUT2D eigenvalue weighted by Crippen LogP contribution is 2.34. The number of halogens is 3. The lowest BCUT2D eigenvalue weighted by molar-refractivity contribution is -0.130. The first-order valence-corrected chi connectivity index (χ1v) is 14.5. The Kier molecular flexibility index (Phi) is 10.7. The third kappa shape index (κ3) is 7.18. The Bertz CT molecular complexity index is 1220. The Morgan fingerprint density at radius 2 is 1.92 bits per heavy atom. The second-order valence-corrected chi connectivity index (χ2v) is 11.9. The summed E-state index contributed by atoms with van der Waals surface area (Å²) in [6.45, 7) is 2.70. The van der Waals surface area contributed by atoms with Crippen molar-refractivity contribution in [2.24, 2.45) is 4.99 Å². The van der Waals surface area contributed by atoms with Gasteiger partial charge < -0.3 is 10.2 Å². The van der Waals surface area contributed by atoms with Crippen LogP contribution in [0.2, 0.25) is 10.0 Å². The molecular formula is C26H33Cl3N4O3S. The Morgan fingerprint density at radius 3 is 2.62 bits per heavy atom. The van der Waals surface area contributed by atoms with Crippen LogP contribution < -0.4 is 5.32 Å². The third-order valence-electron chi connectivity index (χ3n) is 6.83. The van der Waals surface area contributed by atoms with Crippen LogP contribution in [-0.4, -0.2) is 68.6 Å². The van der Waals surface area contributed by atoms with Gasteiger partial charge in [-0.25, -0.2) is 8.42 Å². The van der Waals surface area contributed by atoms with Crippen LogP contribution in [0.15, 0.2) is 52.4 Å². The van der Waals surface area contributed by atoms with E-state index in [1.807, 2.05) is 0 Å². The van der Waals surface area contributed by atoms with Gasteiger partial charge in [0.2, 0.25) is 15.9 Å². The van der Waals surface area contributed by atoms with Gasteiger partial charge in [-0.15, -0.1) is 12.4 Å². The van der Waals surface area contributed by atoms with Crippen LogP contribution in [0.25, 0.3) is 0 Å². The molecule has 2 aromatic rings. The lowest BCUT2D eigenvalue weighted by Crippen LogP contribution is -2.44. The first-order valence-electron chi connectivity index (χ1n) is 12.3. The highest BCUT2D eigenvalue weighted by atomic mass is 35.5. The molecule has 0 saturated carbocycles. The molecule has 1 N–H and O–H groups in total. The molecule has 11 heteroatoms. The zero-order valence-electron chi connectivity index (χ0n) is 20.8. The van der Waals surface area contributed by atoms with Gasteiger partial charge in [-0.3, -0.25) is 9.79 Å². The van der Waals surface area contributed by atoms with Crippen molar-refractivity contribution in [3.8, 4) is 0 Å². The maximum Gasteiger partial charge on any atom is 0.244 e. The van der Waals surface area contributed by atoms with Crippen LogP contribution in [0, 0.1) is 0 Å². The summed E-state index contributed by atoms with van der Waals surface area (Å²) in [7, 11) is -2.01. The molecule has 0 radical (unpaired) electrons. The summed E-state index contributed by atoms with van der Waals surface area (Å²) in [5.41, 5.74) is 2.23. The Morgan fingerprint density at radius 1 is 1.16 bits per heavy atom. The standard InChI is InChI=1S/C26H32Cl2N4O3S.ClH/c1-31(18-14-19-8-10-20(11-9-19)26-29-15-16-30-26)24(33)13-12-21-5-2-3-17-32(21)36(34,35)23-7-4-6-22(27)25(23)28;/h4,6-11,21H,2-3,5,12-18H2,1H3,(H,29,30);1H. The summed E-state index contributed by atoms with van der Waals surface area (Å²) in [6.07, 6.45) is 3.96. The summed E-state index contributed by atoms with van der Waals surface area (Å²) >= 11 is 12.3. The normalized spacial score (nSPS) is 18.0. The summed E-state index contributed by atoms with van der Waals surface area (Å²) in [6, 6.07) is 12.7. The molecule has 4 rings (SSSR count). The van der Waals surface area contributed by atoms with Gasteiger partial charge in [-0.05, 0) is 43.4 Å². The Balaban J connectivity index is 0.00000380. The molecule has 1 amide bonds. The van der Waals surface area contributed by atoms with Crippen LogP contribution in [-0.2, 0) is 21.2 Å². The lowest BCUT2D eigenvalue weighted by atomic mass is 10.00. The molecule has 1 fully saturated rings. The molecule has 0 aliphatic carbocycles. The van der Waals surface area contributed by atoms with Crippen LogP contribution in [0.5, 0.6) is 0 Å². The van der Waals surface area contributed by atoms with E-state index in [1.54, 1.807) is 24.1 Å². The van der Waals surface area contributed by atoms with E-state index in [-0.39, 0.29) is 39.3 Å². The average Bonchev–Trinajstić information content (AvgIpc) is 3.43. The van der Waals surface area contributed by atoms with Gasteiger partial charge in [0, 0.05) is 44.7 Å². The number of nitrogens with one attached hydrogen (secondary N) is 1. The number of amides is 1. The van der Waals surface area contributed by atoms with Gasteiger partial charge in [-0.2, -0.15) is 4.31 Å². The zero-order chi connectivity index (χ0) is 25.7. The van der Waals surface area contributed by atoms with Crippen molar-refractivity contribution in [1.82, 2.24) is 14.5 Å². The van der Waals surface area contributed by atoms with Crippen molar-refractivity contribution in [1.29, 1.82) is 0 Å². The fourth-order valence-electron chi connectivity index (χ4n) is 4.71. The van der Waals surface area contributed by atoms with Crippen molar-refractivity contribution in [3.05, 3.63) is 63.6 Å². The van der Waals surface area contributed by atoms with E-state index >= 15 is 0 Å². The third-order valence-corrected chi connectivity index (χ3v) is 9.76. The van der Waals surface area contributed by atoms with Crippen LogP contribution >= 0.6 is 35.6 Å². The molecule has 1 atom stereocenters. The molecule has 2 aromatic carbocycles. The second-order valence-electron chi connectivity index (χ2n) is 9.28. The monoisotopic (exact) mass is 586 g/mol. The summed E-state index contributed by atoms with van der Waals surface area (Å²) in [5, 5.41) is 3.52. The maximum absolute atomic E-state index is 13.4. The zero-order valence-corrected chi connectivity index (χ0v) is 24.0. The molecule has 0 aromatic heterocycles. The number of benzene rings is 2. The van der Waals surface area contributed by atoms with E-state index in [2.05, 4.69) is 34.6 Å². The molecular weight excluding hydrogens is 555 g/mol. The minimum absolute atomic E-state index is 0. The van der Waals surface area contributed by atoms with E-state index in [9.17, 15) is 13.2 Å². The molecule has 0 bridgehead atoms. The molecule has 2 heterocycles. The largest absolute Gasteiger partial charge is 0.368 e. The van der Waals surface area contributed by atoms with Crippen molar-refractivity contribution in [2.75, 3.05) is 33.2 Å². The van der Waals surface area contributed by atoms with Gasteiger partial charge in [0.25, 0.3) is 0 Å². The minimum Gasteiger partial charge on any atom is -0.368 e. The number of sulfonamides is 1. The molecule has 1 unspecified atom stereocenters. The molecule has 7 nitrogen and oxygen atoms in total. The van der Waals surface area contributed by atoms with Crippen molar-refractivity contribution < 1.29 is 13.2 Å². The predicted molar refractivity (Wildman–Crippen MR) is 152 cm³/mol. The Hall–Kier alpha value is -1.84. The summed E-state index contributed by atoms with van der Waals surface area (Å²) in [4.78, 5) is 19.0. The molecule has 202 valence electrons. The topological polar surface area (TPSA) is 82.1 Å². The number of carbonyl (C=O) groups excluding carboxylic acids is 1. The SMILES string of the molecule is CN(CCc1ccc(C2=NCCN2)cc1)C(=O)CCC1CCCCN1S(=O)(=O)c1cccc(Cl)c1Cl.Cl. The Labute approximate surface area is 235 Å². The van der Waals surface area contributed by atoms with Crippen molar-refractivity contribution in [3.63, 3.8) is 0 Å². The highest BCUT2D eigenvalue weighted by molar-refractivity contribution is 7.89. The quantitative estimate of drug-likeness (QED) is 0.457. The molecule has 0 spiro atoms. The van der Waals surface area contributed by atoms with E-state index in [4.69, 9.17) is 23.2 Å². The number of aliphatic imine (C=N–C) groups is 1. The van der Waals surface area contributed by atoms with Crippen molar-refractivity contribution >= 4 is 57.4 Å². The molecule has 1 saturated heterocycles. The second kappa shape index (κ2) is 13.3. The number of carbonyl (C=O) groups is 1.